The molecule has 1 heterocycles. The Morgan fingerprint density at radius 3 is 2.52 bits per heavy atom. The fraction of sp³-hybridized carbons (Fsp3) is 0.143. The minimum absolute atomic E-state index is 0.133. The summed E-state index contributed by atoms with van der Waals surface area (Å²) in [7, 11) is 3.33. The van der Waals surface area contributed by atoms with Gasteiger partial charge >= 0.3 is 0 Å². The van der Waals surface area contributed by atoms with Crippen LogP contribution in [0.4, 0.5) is 0 Å². The Balaban J connectivity index is 1.78. The number of benzene rings is 2. The van der Waals surface area contributed by atoms with E-state index >= 15 is 0 Å². The summed E-state index contributed by atoms with van der Waals surface area (Å²) in [5.74, 6) is 0.848. The SMILES string of the molecule is COc1ccc(/C=C/C(=O)c2cnn(C)c2)cc1COc1c(Cl)cc(Cl)cc1Cl. The molecular formula is C21H17Cl3N2O3. The fourth-order valence-electron chi connectivity index (χ4n) is 2.65. The lowest BCUT2D eigenvalue weighted by atomic mass is 10.1. The summed E-state index contributed by atoms with van der Waals surface area (Å²) < 4.78 is 12.8. The van der Waals surface area contributed by atoms with Gasteiger partial charge in [0.25, 0.3) is 0 Å². The number of ketones is 1. The number of allylic oxidation sites excluding steroid dienone is 1. The topological polar surface area (TPSA) is 53.3 Å². The van der Waals surface area contributed by atoms with E-state index in [4.69, 9.17) is 44.3 Å². The molecule has 1 aromatic heterocycles. The molecule has 0 amide bonds. The van der Waals surface area contributed by atoms with Crippen molar-refractivity contribution in [3.05, 3.63) is 80.6 Å². The Kier molecular flexibility index (Phi) is 6.85. The van der Waals surface area contributed by atoms with Crippen molar-refractivity contribution in [1.29, 1.82) is 0 Å². The van der Waals surface area contributed by atoms with Gasteiger partial charge in [0.15, 0.2) is 11.5 Å². The molecule has 0 atom stereocenters. The number of carbonyl (C=O) groups excluding carboxylic acids is 1. The Morgan fingerprint density at radius 1 is 1.17 bits per heavy atom. The van der Waals surface area contributed by atoms with Crippen molar-refractivity contribution in [1.82, 2.24) is 9.78 Å². The van der Waals surface area contributed by atoms with Crippen LogP contribution >= 0.6 is 34.8 Å². The van der Waals surface area contributed by atoms with Crippen LogP contribution in [0.15, 0.2) is 48.8 Å². The third-order valence-electron chi connectivity index (χ3n) is 4.06. The standard InChI is InChI=1S/C21H17Cl3N2O3/c1-26-11-15(10-25-26)19(27)5-3-13-4-6-20(28-2)14(7-13)12-29-21-17(23)8-16(22)9-18(21)24/h3-11H,12H2,1-2H3/b5-3+. The molecule has 0 unspecified atom stereocenters. The molecule has 150 valence electrons. The Labute approximate surface area is 183 Å². The van der Waals surface area contributed by atoms with Crippen molar-refractivity contribution >= 4 is 46.7 Å². The van der Waals surface area contributed by atoms with Gasteiger partial charge in [-0.25, -0.2) is 0 Å². The number of halogens is 3. The first kappa shape index (κ1) is 21.2. The van der Waals surface area contributed by atoms with Crippen LogP contribution in [0.5, 0.6) is 11.5 Å². The maximum Gasteiger partial charge on any atom is 0.189 e. The first-order valence-corrected chi connectivity index (χ1v) is 9.66. The van der Waals surface area contributed by atoms with Crippen LogP contribution in [0.25, 0.3) is 6.08 Å². The molecule has 0 spiro atoms. The molecule has 5 nitrogen and oxygen atoms in total. The van der Waals surface area contributed by atoms with Crippen molar-refractivity contribution in [2.45, 2.75) is 6.61 Å². The van der Waals surface area contributed by atoms with Crippen molar-refractivity contribution in [3.63, 3.8) is 0 Å². The first-order chi connectivity index (χ1) is 13.9. The van der Waals surface area contributed by atoms with Crippen molar-refractivity contribution < 1.29 is 14.3 Å². The summed E-state index contributed by atoms with van der Waals surface area (Å²) >= 11 is 18.3. The highest BCUT2D eigenvalue weighted by Crippen LogP contribution is 2.36. The van der Waals surface area contributed by atoms with Crippen LogP contribution in [0.1, 0.15) is 21.5 Å². The quantitative estimate of drug-likeness (QED) is 0.333. The van der Waals surface area contributed by atoms with Gasteiger partial charge in [0.05, 0.1) is 28.9 Å². The second-order valence-electron chi connectivity index (χ2n) is 6.16. The van der Waals surface area contributed by atoms with E-state index in [9.17, 15) is 4.79 Å². The summed E-state index contributed by atoms with van der Waals surface area (Å²) in [5, 5.41) is 5.07. The van der Waals surface area contributed by atoms with Gasteiger partial charge in [0, 0.05) is 23.8 Å². The molecule has 0 aliphatic heterocycles. The highest BCUT2D eigenvalue weighted by atomic mass is 35.5. The van der Waals surface area contributed by atoms with Crippen LogP contribution in [-0.4, -0.2) is 22.7 Å². The second kappa shape index (κ2) is 9.35. The van der Waals surface area contributed by atoms with Crippen LogP contribution in [0, 0.1) is 0 Å². The zero-order valence-electron chi connectivity index (χ0n) is 15.7. The first-order valence-electron chi connectivity index (χ1n) is 8.52. The van der Waals surface area contributed by atoms with Crippen LogP contribution in [-0.2, 0) is 13.7 Å². The lowest BCUT2D eigenvalue weighted by molar-refractivity contribution is 0.104. The van der Waals surface area contributed by atoms with E-state index < -0.39 is 0 Å². The van der Waals surface area contributed by atoms with Gasteiger partial charge in [-0.2, -0.15) is 5.10 Å². The molecule has 29 heavy (non-hydrogen) atoms. The molecular weight excluding hydrogens is 435 g/mol. The van der Waals surface area contributed by atoms with Gasteiger partial charge in [0.1, 0.15) is 12.4 Å². The van der Waals surface area contributed by atoms with Crippen LogP contribution < -0.4 is 9.47 Å². The molecule has 3 aromatic rings. The average Bonchev–Trinajstić information content (AvgIpc) is 3.12. The van der Waals surface area contributed by atoms with Crippen LogP contribution in [0.3, 0.4) is 0 Å². The van der Waals surface area contributed by atoms with E-state index in [0.717, 1.165) is 11.1 Å². The molecule has 0 saturated heterocycles. The molecule has 0 fully saturated rings. The predicted molar refractivity (Wildman–Crippen MR) is 115 cm³/mol. The summed E-state index contributed by atoms with van der Waals surface area (Å²) in [6.07, 6.45) is 6.41. The summed E-state index contributed by atoms with van der Waals surface area (Å²) in [5.41, 5.74) is 2.10. The van der Waals surface area contributed by atoms with Gasteiger partial charge in [-0.3, -0.25) is 9.48 Å². The van der Waals surface area contributed by atoms with Gasteiger partial charge in [-0.1, -0.05) is 46.9 Å². The number of aryl methyl sites for hydroxylation is 1. The minimum atomic E-state index is -0.133. The number of rotatable bonds is 7. The van der Waals surface area contributed by atoms with Gasteiger partial charge in [-0.05, 0) is 35.9 Å². The number of nitrogens with zero attached hydrogens (tertiary/aromatic N) is 2. The number of ether oxygens (including phenoxy) is 2. The lowest BCUT2D eigenvalue weighted by Crippen LogP contribution is -2.00. The molecule has 0 N–H and O–H groups in total. The second-order valence-corrected chi connectivity index (χ2v) is 7.41. The monoisotopic (exact) mass is 450 g/mol. The fourth-order valence-corrected chi connectivity index (χ4v) is 3.57. The molecule has 0 radical (unpaired) electrons. The Hall–Kier alpha value is -2.47. The van der Waals surface area contributed by atoms with E-state index in [1.54, 1.807) is 49.3 Å². The van der Waals surface area contributed by atoms with Crippen molar-refractivity contribution in [3.8, 4) is 11.5 Å². The van der Waals surface area contributed by atoms with Crippen molar-refractivity contribution in [2.24, 2.45) is 7.05 Å². The molecule has 2 aromatic carbocycles. The molecule has 0 aliphatic carbocycles. The van der Waals surface area contributed by atoms with Gasteiger partial charge in [-0.15, -0.1) is 0 Å². The molecule has 3 rings (SSSR count). The minimum Gasteiger partial charge on any atom is -0.496 e. The number of aromatic nitrogens is 2. The predicted octanol–water partition coefficient (Wildman–Crippen LogP) is 5.86. The maximum absolute atomic E-state index is 12.2. The van der Waals surface area contributed by atoms with Crippen LogP contribution in [0.2, 0.25) is 15.1 Å². The van der Waals surface area contributed by atoms with E-state index in [-0.39, 0.29) is 12.4 Å². The molecule has 0 aliphatic rings. The van der Waals surface area contributed by atoms with E-state index in [1.165, 1.54) is 12.3 Å². The van der Waals surface area contributed by atoms with E-state index in [0.29, 0.717) is 32.1 Å². The summed E-state index contributed by atoms with van der Waals surface area (Å²) in [6, 6.07) is 8.63. The summed E-state index contributed by atoms with van der Waals surface area (Å²) in [4.78, 5) is 12.2. The third-order valence-corrected chi connectivity index (χ3v) is 4.84. The van der Waals surface area contributed by atoms with Crippen molar-refractivity contribution in [2.75, 3.05) is 7.11 Å². The molecule has 8 heteroatoms. The highest BCUT2D eigenvalue weighted by Gasteiger charge is 2.12. The zero-order valence-corrected chi connectivity index (χ0v) is 17.9. The van der Waals surface area contributed by atoms with E-state index in [1.807, 2.05) is 12.1 Å². The largest absolute Gasteiger partial charge is 0.496 e. The Morgan fingerprint density at radius 2 is 1.90 bits per heavy atom. The molecule has 0 bridgehead atoms. The third kappa shape index (κ3) is 5.32. The summed E-state index contributed by atoms with van der Waals surface area (Å²) in [6.45, 7) is 0.169. The van der Waals surface area contributed by atoms with Gasteiger partial charge < -0.3 is 9.47 Å². The van der Waals surface area contributed by atoms with Gasteiger partial charge in [0.2, 0.25) is 0 Å². The lowest BCUT2D eigenvalue weighted by Gasteiger charge is -2.13. The smallest absolute Gasteiger partial charge is 0.189 e. The maximum atomic E-state index is 12.2. The Bertz CT molecular complexity index is 1050. The number of hydrogen-bond acceptors (Lipinski definition) is 4. The normalized spacial score (nSPS) is 11.1. The highest BCUT2D eigenvalue weighted by molar-refractivity contribution is 6.40. The number of carbonyl (C=O) groups is 1. The molecule has 0 saturated carbocycles. The zero-order chi connectivity index (χ0) is 21.0. The average molecular weight is 452 g/mol. The number of hydrogen-bond donors (Lipinski definition) is 0. The number of methoxy groups -OCH3 is 1. The van der Waals surface area contributed by atoms with E-state index in [2.05, 4.69) is 5.10 Å².